The molecule has 1 aliphatic heterocycles. The number of methoxy groups -OCH3 is 1. The summed E-state index contributed by atoms with van der Waals surface area (Å²) in [6, 6.07) is 7.53. The fraction of sp³-hybridized carbons (Fsp3) is 0.647. The molecule has 1 aromatic rings. The van der Waals surface area contributed by atoms with E-state index in [4.69, 9.17) is 16.3 Å². The van der Waals surface area contributed by atoms with Crippen molar-refractivity contribution in [2.45, 2.75) is 57.5 Å². The number of nitrogens with zero attached hydrogens (tertiary/aromatic N) is 1. The van der Waals surface area contributed by atoms with Gasteiger partial charge in [0, 0.05) is 18.6 Å². The number of hydrogen-bond acceptors (Lipinski definition) is 2. The van der Waals surface area contributed by atoms with Crippen LogP contribution in [0.4, 0.5) is 0 Å². The molecule has 3 atom stereocenters. The van der Waals surface area contributed by atoms with Crippen molar-refractivity contribution < 1.29 is 4.74 Å². The van der Waals surface area contributed by atoms with Crippen LogP contribution in [0.2, 0.25) is 0 Å². The van der Waals surface area contributed by atoms with Gasteiger partial charge in [-0.15, -0.1) is 11.6 Å². The van der Waals surface area contributed by atoms with Crippen molar-refractivity contribution in [2.75, 3.05) is 13.7 Å². The second kappa shape index (κ2) is 6.82. The molecule has 0 spiro atoms. The highest BCUT2D eigenvalue weighted by Crippen LogP contribution is 2.30. The normalized spacial score (nSPS) is 25.4. The molecule has 1 aromatic carbocycles. The first kappa shape index (κ1) is 15.7. The molecule has 1 heterocycles. The van der Waals surface area contributed by atoms with Crippen LogP contribution in [0.3, 0.4) is 0 Å². The maximum Gasteiger partial charge on any atom is 0.121 e. The van der Waals surface area contributed by atoms with Gasteiger partial charge < -0.3 is 4.74 Å². The second-order valence-corrected chi connectivity index (χ2v) is 6.55. The summed E-state index contributed by atoms with van der Waals surface area (Å²) < 4.78 is 5.31. The van der Waals surface area contributed by atoms with E-state index in [-0.39, 0.29) is 5.38 Å². The largest absolute Gasteiger partial charge is 0.496 e. The van der Waals surface area contributed by atoms with Crippen molar-refractivity contribution in [3.63, 3.8) is 0 Å². The van der Waals surface area contributed by atoms with Gasteiger partial charge in [-0.05, 0) is 50.8 Å². The van der Waals surface area contributed by atoms with Crippen LogP contribution in [0.5, 0.6) is 5.75 Å². The van der Waals surface area contributed by atoms with Gasteiger partial charge in [0.05, 0.1) is 12.5 Å². The average Bonchev–Trinajstić information content (AvgIpc) is 2.42. The van der Waals surface area contributed by atoms with Gasteiger partial charge in [-0.3, -0.25) is 4.90 Å². The summed E-state index contributed by atoms with van der Waals surface area (Å²) in [5.41, 5.74) is 2.34. The SMILES string of the molecule is COc1ccc(C(Cl)CN2C(C)CCCC2C)cc1C. The lowest BCUT2D eigenvalue weighted by Crippen LogP contribution is -2.45. The third-order valence-corrected chi connectivity index (χ3v) is 4.92. The summed E-state index contributed by atoms with van der Waals surface area (Å²) in [6.07, 6.45) is 3.92. The Morgan fingerprint density at radius 3 is 2.50 bits per heavy atom. The Kier molecular flexibility index (Phi) is 5.34. The highest BCUT2D eigenvalue weighted by atomic mass is 35.5. The predicted molar refractivity (Wildman–Crippen MR) is 85.8 cm³/mol. The lowest BCUT2D eigenvalue weighted by molar-refractivity contribution is 0.103. The first-order valence-corrected chi connectivity index (χ1v) is 8.01. The number of aryl methyl sites for hydroxylation is 1. The van der Waals surface area contributed by atoms with Crippen LogP contribution in [0.15, 0.2) is 18.2 Å². The Labute approximate surface area is 128 Å². The zero-order valence-corrected chi connectivity index (χ0v) is 13.8. The quantitative estimate of drug-likeness (QED) is 0.756. The van der Waals surface area contributed by atoms with Crippen LogP contribution in [0, 0.1) is 6.92 Å². The maximum absolute atomic E-state index is 6.66. The van der Waals surface area contributed by atoms with Crippen LogP contribution in [-0.4, -0.2) is 30.6 Å². The third-order valence-electron chi connectivity index (χ3n) is 4.53. The number of rotatable bonds is 4. The van der Waals surface area contributed by atoms with Gasteiger partial charge >= 0.3 is 0 Å². The van der Waals surface area contributed by atoms with Gasteiger partial charge in [0.25, 0.3) is 0 Å². The summed E-state index contributed by atoms with van der Waals surface area (Å²) in [5.74, 6) is 0.928. The maximum atomic E-state index is 6.66. The third kappa shape index (κ3) is 3.48. The van der Waals surface area contributed by atoms with Crippen LogP contribution in [-0.2, 0) is 0 Å². The van der Waals surface area contributed by atoms with Gasteiger partial charge in [0.15, 0.2) is 0 Å². The minimum absolute atomic E-state index is 0.0441. The Bertz CT molecular complexity index is 439. The van der Waals surface area contributed by atoms with Crippen molar-refractivity contribution in [3.05, 3.63) is 29.3 Å². The fourth-order valence-electron chi connectivity index (χ4n) is 3.22. The fourth-order valence-corrected chi connectivity index (χ4v) is 3.52. The first-order chi connectivity index (χ1) is 9.52. The lowest BCUT2D eigenvalue weighted by atomic mass is 9.96. The van der Waals surface area contributed by atoms with Gasteiger partial charge in [-0.2, -0.15) is 0 Å². The molecule has 2 rings (SSSR count). The van der Waals surface area contributed by atoms with Crippen molar-refractivity contribution in [2.24, 2.45) is 0 Å². The predicted octanol–water partition coefficient (Wildman–Crippen LogP) is 4.55. The summed E-state index contributed by atoms with van der Waals surface area (Å²) in [4.78, 5) is 2.56. The van der Waals surface area contributed by atoms with E-state index >= 15 is 0 Å². The Balaban J connectivity index is 2.07. The molecule has 3 unspecified atom stereocenters. The second-order valence-electron chi connectivity index (χ2n) is 6.02. The minimum atomic E-state index is 0.0441. The highest BCUT2D eigenvalue weighted by Gasteiger charge is 2.26. The molecule has 1 fully saturated rings. The number of piperidine rings is 1. The van der Waals surface area contributed by atoms with E-state index in [1.807, 2.05) is 6.07 Å². The molecule has 0 saturated carbocycles. The monoisotopic (exact) mass is 295 g/mol. The molecule has 1 saturated heterocycles. The van der Waals surface area contributed by atoms with Crippen LogP contribution in [0.25, 0.3) is 0 Å². The average molecular weight is 296 g/mol. The molecule has 20 heavy (non-hydrogen) atoms. The van der Waals surface area contributed by atoms with E-state index in [0.717, 1.165) is 17.9 Å². The van der Waals surface area contributed by atoms with E-state index in [1.54, 1.807) is 7.11 Å². The zero-order chi connectivity index (χ0) is 14.7. The molecule has 0 radical (unpaired) electrons. The molecule has 0 aromatic heterocycles. The van der Waals surface area contributed by atoms with Gasteiger partial charge in [0.2, 0.25) is 0 Å². The molecule has 2 nitrogen and oxygen atoms in total. The zero-order valence-electron chi connectivity index (χ0n) is 13.0. The molecule has 0 amide bonds. The molecule has 0 N–H and O–H groups in total. The van der Waals surface area contributed by atoms with E-state index in [9.17, 15) is 0 Å². The Morgan fingerprint density at radius 1 is 1.30 bits per heavy atom. The molecule has 3 heteroatoms. The smallest absolute Gasteiger partial charge is 0.121 e. The molecular formula is C17H26ClNO. The molecule has 1 aliphatic rings. The van der Waals surface area contributed by atoms with Gasteiger partial charge in [-0.1, -0.05) is 18.6 Å². The minimum Gasteiger partial charge on any atom is -0.496 e. The van der Waals surface area contributed by atoms with Gasteiger partial charge in [0.1, 0.15) is 5.75 Å². The van der Waals surface area contributed by atoms with Crippen LogP contribution >= 0.6 is 11.6 Å². The number of ether oxygens (including phenoxy) is 1. The number of hydrogen-bond donors (Lipinski definition) is 0. The molecule has 112 valence electrons. The summed E-state index contributed by atoms with van der Waals surface area (Å²) in [5, 5.41) is 0.0441. The number of halogens is 1. The van der Waals surface area contributed by atoms with Crippen molar-refractivity contribution in [1.29, 1.82) is 0 Å². The summed E-state index contributed by atoms with van der Waals surface area (Å²) >= 11 is 6.66. The molecule has 0 bridgehead atoms. The number of alkyl halides is 1. The van der Waals surface area contributed by atoms with Crippen molar-refractivity contribution in [3.8, 4) is 5.75 Å². The van der Waals surface area contributed by atoms with E-state index in [2.05, 4.69) is 37.8 Å². The van der Waals surface area contributed by atoms with Crippen LogP contribution < -0.4 is 4.74 Å². The van der Waals surface area contributed by atoms with Crippen molar-refractivity contribution in [1.82, 2.24) is 4.90 Å². The number of benzene rings is 1. The van der Waals surface area contributed by atoms with Crippen molar-refractivity contribution >= 4 is 11.6 Å². The van der Waals surface area contributed by atoms with E-state index in [1.165, 1.54) is 24.8 Å². The van der Waals surface area contributed by atoms with Crippen LogP contribution in [0.1, 0.15) is 49.6 Å². The highest BCUT2D eigenvalue weighted by molar-refractivity contribution is 6.21. The Morgan fingerprint density at radius 2 is 1.95 bits per heavy atom. The van der Waals surface area contributed by atoms with E-state index in [0.29, 0.717) is 12.1 Å². The standard InChI is InChI=1S/C17H26ClNO/c1-12-10-15(8-9-17(12)20-4)16(18)11-19-13(2)6-5-7-14(19)3/h8-10,13-14,16H,5-7,11H2,1-4H3. The first-order valence-electron chi connectivity index (χ1n) is 7.57. The summed E-state index contributed by atoms with van der Waals surface area (Å²) in [6.45, 7) is 7.63. The topological polar surface area (TPSA) is 12.5 Å². The molecular weight excluding hydrogens is 270 g/mol. The van der Waals surface area contributed by atoms with Gasteiger partial charge in [-0.25, -0.2) is 0 Å². The lowest BCUT2D eigenvalue weighted by Gasteiger charge is -2.40. The Hall–Kier alpha value is -0.730. The number of likely N-dealkylation sites (tertiary alicyclic amines) is 1. The molecule has 0 aliphatic carbocycles. The van der Waals surface area contributed by atoms with E-state index < -0.39 is 0 Å². The summed E-state index contributed by atoms with van der Waals surface area (Å²) in [7, 11) is 1.71.